The van der Waals surface area contributed by atoms with Crippen LogP contribution in [0.5, 0.6) is 0 Å². The van der Waals surface area contributed by atoms with Crippen LogP contribution in [0.15, 0.2) is 24.3 Å². The van der Waals surface area contributed by atoms with E-state index >= 15 is 0 Å². The molecule has 0 aromatic heterocycles. The number of ether oxygens (including phenoxy) is 1. The number of nitrogens with one attached hydrogen (secondary N) is 2. The topological polar surface area (TPSA) is 140 Å². The van der Waals surface area contributed by atoms with E-state index in [1.807, 2.05) is 0 Å². The summed E-state index contributed by atoms with van der Waals surface area (Å²) in [6.45, 7) is 4.72. The molecule has 13 heteroatoms. The van der Waals surface area contributed by atoms with Gasteiger partial charge in [-0.15, -0.1) is 0 Å². The molecule has 0 saturated heterocycles. The normalized spacial score (nSPS) is 17.2. The number of imide groups is 1. The van der Waals surface area contributed by atoms with Crippen molar-refractivity contribution in [2.75, 3.05) is 38.9 Å². The predicted octanol–water partition coefficient (Wildman–Crippen LogP) is 2.40. The van der Waals surface area contributed by atoms with Crippen LogP contribution < -0.4 is 10.2 Å². The van der Waals surface area contributed by atoms with Crippen LogP contribution in [-0.4, -0.2) is 61.6 Å². The van der Waals surface area contributed by atoms with Gasteiger partial charge in [0.2, 0.25) is 0 Å². The number of carbonyl (C=O) groups excluding carboxylic acids is 3. The first-order chi connectivity index (χ1) is 14.7. The Labute approximate surface area is 180 Å². The molecular formula is C18H27N3O8P2. The van der Waals surface area contributed by atoms with Crippen molar-refractivity contribution in [3.63, 3.8) is 0 Å². The first-order valence-corrected chi connectivity index (χ1v) is 13.4. The molecule has 11 nitrogen and oxygen atoms in total. The standard InChI is InChI=1S/C18H27N3O8P2/c1-4-27-16(22)11-19-30(25,28-5-2)12-20-31(26,29-6-3)13-21-17(23)14-9-7-8-10-15(14)18(21)24/h7-10H,4-6,11-13H2,1-3H3,(H,19,25)(H,20,26). The van der Waals surface area contributed by atoms with Gasteiger partial charge in [0.25, 0.3) is 26.9 Å². The minimum atomic E-state index is -3.83. The maximum Gasteiger partial charge on any atom is 0.320 e. The summed E-state index contributed by atoms with van der Waals surface area (Å²) < 4.78 is 41.7. The summed E-state index contributed by atoms with van der Waals surface area (Å²) in [6, 6.07) is 6.28. The maximum absolute atomic E-state index is 13.3. The van der Waals surface area contributed by atoms with Gasteiger partial charge in [-0.1, -0.05) is 12.1 Å². The second kappa shape index (κ2) is 11.1. The van der Waals surface area contributed by atoms with Crippen LogP contribution >= 0.6 is 15.0 Å². The van der Waals surface area contributed by atoms with Crippen molar-refractivity contribution in [3.05, 3.63) is 35.4 Å². The summed E-state index contributed by atoms with van der Waals surface area (Å²) in [6.07, 6.45) is -1.00. The van der Waals surface area contributed by atoms with Gasteiger partial charge >= 0.3 is 5.97 Å². The van der Waals surface area contributed by atoms with Crippen molar-refractivity contribution in [3.8, 4) is 0 Å². The Kier molecular flexibility index (Phi) is 9.12. The van der Waals surface area contributed by atoms with E-state index < -0.39 is 45.4 Å². The third-order valence-corrected chi connectivity index (χ3v) is 8.28. The highest BCUT2D eigenvalue weighted by Gasteiger charge is 2.41. The highest BCUT2D eigenvalue weighted by Crippen LogP contribution is 2.49. The lowest BCUT2D eigenvalue weighted by Gasteiger charge is -2.26. The molecule has 0 spiro atoms. The number of fused-ring (bicyclic) bond motifs is 1. The zero-order valence-corrected chi connectivity index (χ0v) is 19.4. The van der Waals surface area contributed by atoms with Gasteiger partial charge in [-0.2, -0.15) is 0 Å². The molecule has 0 radical (unpaired) electrons. The van der Waals surface area contributed by atoms with Crippen molar-refractivity contribution in [2.24, 2.45) is 0 Å². The van der Waals surface area contributed by atoms with Crippen molar-refractivity contribution in [1.29, 1.82) is 0 Å². The zero-order valence-electron chi connectivity index (χ0n) is 17.7. The highest BCUT2D eigenvalue weighted by atomic mass is 31.2. The molecular weight excluding hydrogens is 448 g/mol. The molecule has 2 N–H and O–H groups in total. The Morgan fingerprint density at radius 1 is 0.903 bits per heavy atom. The molecule has 172 valence electrons. The minimum Gasteiger partial charge on any atom is -0.465 e. The van der Waals surface area contributed by atoms with Gasteiger partial charge in [0.05, 0.1) is 37.2 Å². The monoisotopic (exact) mass is 475 g/mol. The summed E-state index contributed by atoms with van der Waals surface area (Å²) in [7, 11) is -7.48. The first kappa shape index (κ1) is 25.4. The number of amides is 2. The largest absolute Gasteiger partial charge is 0.465 e. The number of hydrogen-bond acceptors (Lipinski definition) is 8. The van der Waals surface area contributed by atoms with Crippen LogP contribution in [0.3, 0.4) is 0 Å². The molecule has 31 heavy (non-hydrogen) atoms. The zero-order chi connectivity index (χ0) is 23.1. The van der Waals surface area contributed by atoms with E-state index in [1.165, 1.54) is 12.1 Å². The fraction of sp³-hybridized carbons (Fsp3) is 0.500. The van der Waals surface area contributed by atoms with Crippen molar-refractivity contribution < 1.29 is 37.3 Å². The molecule has 1 aliphatic rings. The quantitative estimate of drug-likeness (QED) is 0.248. The van der Waals surface area contributed by atoms with Crippen molar-refractivity contribution >= 4 is 32.8 Å². The Balaban J connectivity index is 2.12. The van der Waals surface area contributed by atoms with Crippen LogP contribution in [0.2, 0.25) is 0 Å². The van der Waals surface area contributed by atoms with E-state index in [9.17, 15) is 23.5 Å². The molecule has 1 heterocycles. The maximum atomic E-state index is 13.3. The van der Waals surface area contributed by atoms with Crippen molar-refractivity contribution in [1.82, 2.24) is 15.1 Å². The number of nitrogens with zero attached hydrogens (tertiary/aromatic N) is 1. The second-order valence-corrected chi connectivity index (χ2v) is 10.8. The molecule has 0 fully saturated rings. The van der Waals surface area contributed by atoms with Crippen LogP contribution in [-0.2, 0) is 27.7 Å². The number of carbonyl (C=O) groups is 3. The smallest absolute Gasteiger partial charge is 0.320 e. The highest BCUT2D eigenvalue weighted by molar-refractivity contribution is 7.60. The number of esters is 1. The van der Waals surface area contributed by atoms with Gasteiger partial charge in [-0.05, 0) is 32.9 Å². The van der Waals surface area contributed by atoms with E-state index in [2.05, 4.69) is 10.2 Å². The van der Waals surface area contributed by atoms with Gasteiger partial charge in [-0.3, -0.25) is 28.4 Å². The van der Waals surface area contributed by atoms with Crippen LogP contribution in [0.1, 0.15) is 41.5 Å². The van der Waals surface area contributed by atoms with Crippen LogP contribution in [0.25, 0.3) is 0 Å². The summed E-state index contributed by atoms with van der Waals surface area (Å²) >= 11 is 0. The van der Waals surface area contributed by atoms with E-state index in [0.717, 1.165) is 4.90 Å². The van der Waals surface area contributed by atoms with E-state index in [0.29, 0.717) is 0 Å². The number of rotatable bonds is 13. The minimum absolute atomic E-state index is 0.0165. The average Bonchev–Trinajstić information content (AvgIpc) is 2.97. The molecule has 1 aromatic carbocycles. The Bertz CT molecular complexity index is 888. The van der Waals surface area contributed by atoms with Gasteiger partial charge in [0, 0.05) is 0 Å². The average molecular weight is 475 g/mol. The fourth-order valence-corrected chi connectivity index (χ4v) is 6.86. The van der Waals surface area contributed by atoms with E-state index in [4.69, 9.17) is 13.8 Å². The van der Waals surface area contributed by atoms with Crippen LogP contribution in [0.4, 0.5) is 0 Å². The van der Waals surface area contributed by atoms with Gasteiger partial charge in [0.1, 0.15) is 12.8 Å². The summed E-state index contributed by atoms with van der Waals surface area (Å²) in [5.74, 6) is -1.80. The van der Waals surface area contributed by atoms with Crippen LogP contribution in [0, 0.1) is 0 Å². The first-order valence-electron chi connectivity index (χ1n) is 9.77. The SMILES string of the molecule is CCOC(=O)CNP(=O)(CNP(=O)(CN1C(=O)c2ccccc2C1=O)OCC)OCC. The third kappa shape index (κ3) is 6.55. The molecule has 2 rings (SSSR count). The molecule has 1 aliphatic heterocycles. The lowest BCUT2D eigenvalue weighted by atomic mass is 10.1. The summed E-state index contributed by atoms with van der Waals surface area (Å²) in [5.41, 5.74) is 0.429. The van der Waals surface area contributed by atoms with Crippen molar-refractivity contribution in [2.45, 2.75) is 20.8 Å². The summed E-state index contributed by atoms with van der Waals surface area (Å²) in [4.78, 5) is 37.6. The van der Waals surface area contributed by atoms with E-state index in [1.54, 1.807) is 32.9 Å². The molecule has 2 unspecified atom stereocenters. The third-order valence-electron chi connectivity index (χ3n) is 4.17. The van der Waals surface area contributed by atoms with Gasteiger partial charge in [-0.25, -0.2) is 10.2 Å². The molecule has 0 bridgehead atoms. The lowest BCUT2D eigenvalue weighted by molar-refractivity contribution is -0.141. The molecule has 2 amide bonds. The lowest BCUT2D eigenvalue weighted by Crippen LogP contribution is -2.35. The summed E-state index contributed by atoms with van der Waals surface area (Å²) in [5, 5.41) is 5.05. The molecule has 0 saturated carbocycles. The second-order valence-electron chi connectivity index (χ2n) is 6.36. The van der Waals surface area contributed by atoms with Gasteiger partial charge < -0.3 is 13.8 Å². The molecule has 2 atom stereocenters. The van der Waals surface area contributed by atoms with Gasteiger partial charge in [0.15, 0.2) is 0 Å². The molecule has 1 aromatic rings. The molecule has 0 aliphatic carbocycles. The predicted molar refractivity (Wildman–Crippen MR) is 113 cm³/mol. The number of benzene rings is 1. The number of hydrogen-bond donors (Lipinski definition) is 2. The Morgan fingerprint density at radius 2 is 1.45 bits per heavy atom. The Morgan fingerprint density at radius 3 is 1.97 bits per heavy atom. The van der Waals surface area contributed by atoms with E-state index in [-0.39, 0.29) is 37.5 Å². The fourth-order valence-electron chi connectivity index (χ4n) is 2.85. The Hall–Kier alpha value is -1.87.